The van der Waals surface area contributed by atoms with E-state index < -0.39 is 5.97 Å². The fourth-order valence-corrected chi connectivity index (χ4v) is 3.89. The first-order valence-corrected chi connectivity index (χ1v) is 8.12. The number of aromatic carboxylic acids is 1. The van der Waals surface area contributed by atoms with Crippen LogP contribution in [0, 0.1) is 5.92 Å². The molecule has 0 amide bonds. The number of carboxylic acid groups (broad SMARTS) is 1. The van der Waals surface area contributed by atoms with E-state index in [9.17, 15) is 9.90 Å². The molecule has 2 aromatic carbocycles. The number of ether oxygens (including phenoxy) is 1. The third kappa shape index (κ3) is 2.35. The number of nitrogens with one attached hydrogen (secondary N) is 1. The molecule has 4 nitrogen and oxygen atoms in total. The number of rotatable bonds is 3. The molecule has 122 valence electrons. The van der Waals surface area contributed by atoms with Crippen molar-refractivity contribution in [2.24, 2.45) is 5.92 Å². The predicted molar refractivity (Wildman–Crippen MR) is 92.7 cm³/mol. The Balaban J connectivity index is 1.76. The zero-order chi connectivity index (χ0) is 16.7. The summed E-state index contributed by atoms with van der Waals surface area (Å²) in [6, 6.07) is 13.7. The maximum atomic E-state index is 11.3. The van der Waals surface area contributed by atoms with E-state index in [1.807, 2.05) is 18.2 Å². The van der Waals surface area contributed by atoms with Gasteiger partial charge in [0.1, 0.15) is 5.75 Å². The maximum absolute atomic E-state index is 11.3. The van der Waals surface area contributed by atoms with E-state index in [1.54, 1.807) is 19.2 Å². The third-order valence-electron chi connectivity index (χ3n) is 5.06. The van der Waals surface area contributed by atoms with Crippen LogP contribution in [-0.4, -0.2) is 18.2 Å². The molecule has 0 saturated carbocycles. The molecule has 0 saturated heterocycles. The van der Waals surface area contributed by atoms with Crippen molar-refractivity contribution < 1.29 is 14.6 Å². The summed E-state index contributed by atoms with van der Waals surface area (Å²) in [6.07, 6.45) is 5.39. The highest BCUT2D eigenvalue weighted by atomic mass is 16.5. The predicted octanol–water partition coefficient (Wildman–Crippen LogP) is 4.22. The molecule has 0 unspecified atom stereocenters. The van der Waals surface area contributed by atoms with Crippen molar-refractivity contribution in [1.82, 2.24) is 0 Å². The van der Waals surface area contributed by atoms with Gasteiger partial charge in [0.25, 0.3) is 0 Å². The van der Waals surface area contributed by atoms with Crippen LogP contribution in [0.3, 0.4) is 0 Å². The summed E-state index contributed by atoms with van der Waals surface area (Å²) in [7, 11) is 1.68. The van der Waals surface area contributed by atoms with E-state index in [-0.39, 0.29) is 12.0 Å². The minimum Gasteiger partial charge on any atom is -0.497 e. The van der Waals surface area contributed by atoms with Gasteiger partial charge in [0.05, 0.1) is 18.7 Å². The number of benzene rings is 2. The van der Waals surface area contributed by atoms with Crippen LogP contribution in [0.4, 0.5) is 5.69 Å². The average Bonchev–Trinajstić information content (AvgIpc) is 3.10. The van der Waals surface area contributed by atoms with E-state index in [0.29, 0.717) is 11.5 Å². The molecule has 3 atom stereocenters. The first-order chi connectivity index (χ1) is 11.7. The van der Waals surface area contributed by atoms with Gasteiger partial charge in [-0.05, 0) is 53.8 Å². The van der Waals surface area contributed by atoms with Crippen LogP contribution in [0.2, 0.25) is 0 Å². The Morgan fingerprint density at radius 2 is 2.12 bits per heavy atom. The second-order valence-corrected chi connectivity index (χ2v) is 6.36. The molecule has 24 heavy (non-hydrogen) atoms. The molecule has 0 spiro atoms. The fourth-order valence-electron chi connectivity index (χ4n) is 3.89. The van der Waals surface area contributed by atoms with Gasteiger partial charge in [0, 0.05) is 11.6 Å². The zero-order valence-electron chi connectivity index (χ0n) is 13.4. The molecular formula is C20H19NO3. The average molecular weight is 321 g/mol. The van der Waals surface area contributed by atoms with E-state index in [0.717, 1.165) is 23.4 Å². The van der Waals surface area contributed by atoms with Crippen molar-refractivity contribution in [1.29, 1.82) is 0 Å². The highest BCUT2D eigenvalue weighted by molar-refractivity contribution is 5.89. The molecule has 2 aliphatic rings. The van der Waals surface area contributed by atoms with Crippen LogP contribution < -0.4 is 10.1 Å². The number of methoxy groups -OCH3 is 1. The van der Waals surface area contributed by atoms with Crippen molar-refractivity contribution in [3.05, 3.63) is 71.3 Å². The van der Waals surface area contributed by atoms with E-state index in [2.05, 4.69) is 29.6 Å². The summed E-state index contributed by atoms with van der Waals surface area (Å²) in [6.45, 7) is 0. The molecule has 0 aromatic heterocycles. The van der Waals surface area contributed by atoms with Gasteiger partial charge in [0.15, 0.2) is 0 Å². The number of hydrogen-bond donors (Lipinski definition) is 2. The summed E-state index contributed by atoms with van der Waals surface area (Å²) >= 11 is 0. The fraction of sp³-hybridized carbons (Fsp3) is 0.250. The lowest BCUT2D eigenvalue weighted by Gasteiger charge is -2.37. The summed E-state index contributed by atoms with van der Waals surface area (Å²) in [5, 5.41) is 12.9. The normalized spacial score (nSPS) is 24.0. The third-order valence-corrected chi connectivity index (χ3v) is 5.06. The largest absolute Gasteiger partial charge is 0.497 e. The molecule has 4 heteroatoms. The highest BCUT2D eigenvalue weighted by Gasteiger charge is 2.38. The molecule has 2 aromatic rings. The van der Waals surface area contributed by atoms with E-state index >= 15 is 0 Å². The number of allylic oxidation sites excluding steroid dienone is 2. The second-order valence-electron chi connectivity index (χ2n) is 6.36. The second kappa shape index (κ2) is 5.71. The van der Waals surface area contributed by atoms with Gasteiger partial charge in [0.2, 0.25) is 0 Å². The standard InChI is InChI=1S/C20H19NO3/c1-24-14-5-2-4-12(10-14)19-16-7-3-6-15(16)17-11-13(20(22)23)8-9-18(17)21-19/h2-6,8-11,15-16,19,21H,7H2,1H3,(H,22,23)/t15-,16-,19+/m0/s1. The molecule has 2 N–H and O–H groups in total. The van der Waals surface area contributed by atoms with Crippen LogP contribution in [-0.2, 0) is 0 Å². The molecule has 0 radical (unpaired) electrons. The van der Waals surface area contributed by atoms with Crippen molar-refractivity contribution in [2.75, 3.05) is 12.4 Å². The number of anilines is 1. The maximum Gasteiger partial charge on any atom is 0.335 e. The van der Waals surface area contributed by atoms with Crippen molar-refractivity contribution in [3.8, 4) is 5.75 Å². The van der Waals surface area contributed by atoms with Gasteiger partial charge in [-0.2, -0.15) is 0 Å². The number of carboxylic acids is 1. The Bertz CT molecular complexity index is 827. The van der Waals surface area contributed by atoms with Crippen LogP contribution in [0.5, 0.6) is 5.75 Å². The van der Waals surface area contributed by atoms with Gasteiger partial charge in [-0.3, -0.25) is 0 Å². The smallest absolute Gasteiger partial charge is 0.335 e. The van der Waals surface area contributed by atoms with Crippen LogP contribution in [0.15, 0.2) is 54.6 Å². The summed E-state index contributed by atoms with van der Waals surface area (Å²) < 4.78 is 5.36. The van der Waals surface area contributed by atoms with Gasteiger partial charge in [-0.1, -0.05) is 24.3 Å². The summed E-state index contributed by atoms with van der Waals surface area (Å²) in [5.74, 6) is 0.598. The van der Waals surface area contributed by atoms with Gasteiger partial charge >= 0.3 is 5.97 Å². The molecule has 1 aliphatic heterocycles. The molecule has 0 bridgehead atoms. The first-order valence-electron chi connectivity index (χ1n) is 8.12. The Morgan fingerprint density at radius 1 is 1.25 bits per heavy atom. The quantitative estimate of drug-likeness (QED) is 0.831. The lowest BCUT2D eigenvalue weighted by molar-refractivity contribution is 0.0696. The summed E-state index contributed by atoms with van der Waals surface area (Å²) in [4.78, 5) is 11.3. The van der Waals surface area contributed by atoms with Crippen molar-refractivity contribution in [2.45, 2.75) is 18.4 Å². The topological polar surface area (TPSA) is 58.6 Å². The van der Waals surface area contributed by atoms with E-state index in [1.165, 1.54) is 5.56 Å². The Morgan fingerprint density at radius 3 is 2.92 bits per heavy atom. The number of hydrogen-bond acceptors (Lipinski definition) is 3. The zero-order valence-corrected chi connectivity index (χ0v) is 13.4. The first kappa shape index (κ1) is 14.8. The lowest BCUT2D eigenvalue weighted by Crippen LogP contribution is -2.29. The van der Waals surface area contributed by atoms with Gasteiger partial charge < -0.3 is 15.2 Å². The molecule has 0 fully saturated rings. The van der Waals surface area contributed by atoms with Crippen molar-refractivity contribution >= 4 is 11.7 Å². The van der Waals surface area contributed by atoms with Gasteiger partial charge in [-0.25, -0.2) is 4.79 Å². The Hall–Kier alpha value is -2.75. The van der Waals surface area contributed by atoms with Crippen LogP contribution in [0.25, 0.3) is 0 Å². The Kier molecular flexibility index (Phi) is 3.53. The van der Waals surface area contributed by atoms with Crippen LogP contribution >= 0.6 is 0 Å². The molecule has 1 aliphatic carbocycles. The highest BCUT2D eigenvalue weighted by Crippen LogP contribution is 2.50. The van der Waals surface area contributed by atoms with Gasteiger partial charge in [-0.15, -0.1) is 0 Å². The number of fused-ring (bicyclic) bond motifs is 3. The monoisotopic (exact) mass is 321 g/mol. The minimum absolute atomic E-state index is 0.184. The number of carbonyl (C=O) groups is 1. The van der Waals surface area contributed by atoms with Crippen molar-refractivity contribution in [3.63, 3.8) is 0 Å². The summed E-state index contributed by atoms with van der Waals surface area (Å²) in [5.41, 5.74) is 3.63. The molecule has 1 heterocycles. The lowest BCUT2D eigenvalue weighted by atomic mass is 9.76. The van der Waals surface area contributed by atoms with E-state index in [4.69, 9.17) is 4.74 Å². The molecular weight excluding hydrogens is 302 g/mol. The van der Waals surface area contributed by atoms with Crippen LogP contribution in [0.1, 0.15) is 39.9 Å². The SMILES string of the molecule is COc1cccc([C@H]2Nc3ccc(C(=O)O)cc3[C@H]3C=CC[C@@H]32)c1. The molecule has 4 rings (SSSR count). The minimum atomic E-state index is -0.883. The Labute approximate surface area is 140 Å².